The van der Waals surface area contributed by atoms with Crippen LogP contribution in [0, 0.1) is 5.92 Å². The summed E-state index contributed by atoms with van der Waals surface area (Å²) in [5.41, 5.74) is 0. The van der Waals surface area contributed by atoms with E-state index < -0.39 is 0 Å². The van der Waals surface area contributed by atoms with Crippen molar-refractivity contribution >= 4 is 0 Å². The van der Waals surface area contributed by atoms with Crippen LogP contribution in [-0.2, 0) is 0 Å². The van der Waals surface area contributed by atoms with Crippen molar-refractivity contribution < 1.29 is 0 Å². The third-order valence-electron chi connectivity index (χ3n) is 4.55. The number of hydrogen-bond donors (Lipinski definition) is 1. The van der Waals surface area contributed by atoms with E-state index in [-0.39, 0.29) is 0 Å². The molecule has 0 bridgehead atoms. The molecule has 1 aromatic heterocycles. The maximum Gasteiger partial charge on any atom is 0.150 e. The van der Waals surface area contributed by atoms with Gasteiger partial charge in [-0.15, -0.1) is 10.2 Å². The van der Waals surface area contributed by atoms with Crippen LogP contribution < -0.4 is 5.32 Å². The Bertz CT molecular complexity index is 381. The Kier molecular flexibility index (Phi) is 3.64. The predicted octanol–water partition coefficient (Wildman–Crippen LogP) is 2.84. The van der Waals surface area contributed by atoms with Crippen LogP contribution >= 0.6 is 0 Å². The second kappa shape index (κ2) is 5.39. The van der Waals surface area contributed by atoms with Crippen molar-refractivity contribution in [2.75, 3.05) is 6.54 Å². The summed E-state index contributed by atoms with van der Waals surface area (Å²) in [5.74, 6) is 1.97. The van der Waals surface area contributed by atoms with Crippen LogP contribution in [0.5, 0.6) is 0 Å². The largest absolute Gasteiger partial charge is 0.313 e. The highest BCUT2D eigenvalue weighted by molar-refractivity contribution is 5.00. The van der Waals surface area contributed by atoms with Gasteiger partial charge in [0.05, 0.1) is 6.04 Å². The van der Waals surface area contributed by atoms with E-state index >= 15 is 0 Å². The number of nitrogens with one attached hydrogen (secondary N) is 1. The first-order valence-electron chi connectivity index (χ1n) is 7.47. The average molecular weight is 248 g/mol. The summed E-state index contributed by atoms with van der Waals surface area (Å²) in [6, 6.07) is 1.06. The third-order valence-corrected chi connectivity index (χ3v) is 4.55. The summed E-state index contributed by atoms with van der Waals surface area (Å²) >= 11 is 0. The maximum absolute atomic E-state index is 4.40. The molecule has 1 saturated heterocycles. The first-order valence-corrected chi connectivity index (χ1v) is 7.47. The fourth-order valence-corrected chi connectivity index (χ4v) is 3.45. The van der Waals surface area contributed by atoms with Crippen molar-refractivity contribution in [3.05, 3.63) is 12.2 Å². The Labute approximate surface area is 109 Å². The summed E-state index contributed by atoms with van der Waals surface area (Å²) in [5, 5.41) is 12.2. The van der Waals surface area contributed by atoms with Gasteiger partial charge in [-0.05, 0) is 38.1 Å². The molecule has 4 heteroatoms. The fraction of sp³-hybridized carbons (Fsp3) is 0.857. The van der Waals surface area contributed by atoms with Crippen molar-refractivity contribution in [3.8, 4) is 0 Å². The molecule has 1 N–H and O–H groups in total. The van der Waals surface area contributed by atoms with E-state index in [1.54, 1.807) is 0 Å². The number of piperidine rings is 1. The molecule has 2 heterocycles. The molecule has 2 unspecified atom stereocenters. The first kappa shape index (κ1) is 12.2. The van der Waals surface area contributed by atoms with Gasteiger partial charge in [0.15, 0.2) is 0 Å². The van der Waals surface area contributed by atoms with E-state index in [4.69, 9.17) is 0 Å². The number of aromatic nitrogens is 3. The molecule has 0 spiro atoms. The van der Waals surface area contributed by atoms with Gasteiger partial charge in [0.25, 0.3) is 0 Å². The highest BCUT2D eigenvalue weighted by atomic mass is 15.3. The monoisotopic (exact) mass is 248 g/mol. The molecule has 1 aliphatic carbocycles. The van der Waals surface area contributed by atoms with Crippen LogP contribution in [0.3, 0.4) is 0 Å². The van der Waals surface area contributed by atoms with E-state index in [0.29, 0.717) is 12.1 Å². The lowest BCUT2D eigenvalue weighted by molar-refractivity contribution is 0.287. The molecule has 3 rings (SSSR count). The number of hydrogen-bond acceptors (Lipinski definition) is 3. The Balaban J connectivity index is 1.77. The Morgan fingerprint density at radius 3 is 2.83 bits per heavy atom. The Morgan fingerprint density at radius 1 is 1.22 bits per heavy atom. The summed E-state index contributed by atoms with van der Waals surface area (Å²) < 4.78 is 2.36. The molecule has 1 aromatic rings. The van der Waals surface area contributed by atoms with Crippen molar-refractivity contribution in [1.82, 2.24) is 20.1 Å². The van der Waals surface area contributed by atoms with Gasteiger partial charge >= 0.3 is 0 Å². The predicted molar refractivity (Wildman–Crippen MR) is 71.3 cm³/mol. The second-order valence-corrected chi connectivity index (χ2v) is 6.02. The minimum atomic E-state index is 0.415. The van der Waals surface area contributed by atoms with Crippen molar-refractivity contribution in [3.63, 3.8) is 0 Å². The van der Waals surface area contributed by atoms with Crippen LogP contribution in [0.15, 0.2) is 6.33 Å². The number of nitrogens with zero attached hydrogens (tertiary/aromatic N) is 3. The van der Waals surface area contributed by atoms with Gasteiger partial charge in [0, 0.05) is 6.04 Å². The Morgan fingerprint density at radius 2 is 2.06 bits per heavy atom. The maximum atomic E-state index is 4.40. The van der Waals surface area contributed by atoms with Crippen LogP contribution in [0.25, 0.3) is 0 Å². The van der Waals surface area contributed by atoms with Crippen molar-refractivity contribution in [1.29, 1.82) is 0 Å². The van der Waals surface area contributed by atoms with E-state index in [9.17, 15) is 0 Å². The quantitative estimate of drug-likeness (QED) is 0.875. The molecule has 2 aliphatic rings. The normalized spacial score (nSPS) is 30.5. The zero-order chi connectivity index (χ0) is 12.4. The molecule has 2 fully saturated rings. The van der Waals surface area contributed by atoms with Crippen LogP contribution in [0.4, 0.5) is 0 Å². The third kappa shape index (κ3) is 2.44. The highest BCUT2D eigenvalue weighted by Gasteiger charge is 2.26. The summed E-state index contributed by atoms with van der Waals surface area (Å²) in [6.07, 6.45) is 11.1. The zero-order valence-electron chi connectivity index (χ0n) is 11.3. The zero-order valence-corrected chi connectivity index (χ0v) is 11.3. The molecule has 0 aromatic carbocycles. The molecule has 100 valence electrons. The molecule has 4 nitrogen and oxygen atoms in total. The van der Waals surface area contributed by atoms with Crippen LogP contribution in [0.1, 0.15) is 69.8 Å². The smallest absolute Gasteiger partial charge is 0.150 e. The summed E-state index contributed by atoms with van der Waals surface area (Å²) in [6.45, 7) is 3.46. The van der Waals surface area contributed by atoms with Gasteiger partial charge in [0.1, 0.15) is 12.2 Å². The molecule has 18 heavy (non-hydrogen) atoms. The average Bonchev–Trinajstić information content (AvgIpc) is 2.89. The van der Waals surface area contributed by atoms with E-state index in [2.05, 4.69) is 27.0 Å². The lowest BCUT2D eigenvalue weighted by Gasteiger charge is -2.30. The van der Waals surface area contributed by atoms with E-state index in [1.807, 2.05) is 6.33 Å². The van der Waals surface area contributed by atoms with Crippen LogP contribution in [0.2, 0.25) is 0 Å². The van der Waals surface area contributed by atoms with E-state index in [0.717, 1.165) is 12.5 Å². The molecule has 2 atom stereocenters. The minimum Gasteiger partial charge on any atom is -0.313 e. The lowest BCUT2D eigenvalue weighted by Crippen LogP contribution is -2.33. The topological polar surface area (TPSA) is 42.7 Å². The Hall–Kier alpha value is -0.900. The van der Waals surface area contributed by atoms with Gasteiger partial charge in [-0.1, -0.05) is 26.2 Å². The molecular formula is C14H24N4. The van der Waals surface area contributed by atoms with Gasteiger partial charge in [0.2, 0.25) is 0 Å². The molecule has 1 saturated carbocycles. The second-order valence-electron chi connectivity index (χ2n) is 6.02. The minimum absolute atomic E-state index is 0.415. The van der Waals surface area contributed by atoms with E-state index in [1.165, 1.54) is 50.8 Å². The van der Waals surface area contributed by atoms with Crippen LogP contribution in [-0.4, -0.2) is 21.3 Å². The highest BCUT2D eigenvalue weighted by Crippen LogP contribution is 2.32. The molecule has 0 amide bonds. The SMILES string of the molecule is CC1CCNC(c2nncn2C2CCCCC2)C1. The summed E-state index contributed by atoms with van der Waals surface area (Å²) in [7, 11) is 0. The standard InChI is InChI=1S/C14H24N4/c1-11-7-8-15-13(9-11)14-17-16-10-18(14)12-5-3-2-4-6-12/h10-13,15H,2-9H2,1H3. The first-order chi connectivity index (χ1) is 8.84. The molecule has 0 radical (unpaired) electrons. The van der Waals surface area contributed by atoms with Gasteiger partial charge in [-0.25, -0.2) is 0 Å². The lowest BCUT2D eigenvalue weighted by atomic mass is 9.92. The van der Waals surface area contributed by atoms with Gasteiger partial charge in [-0.2, -0.15) is 0 Å². The summed E-state index contributed by atoms with van der Waals surface area (Å²) in [4.78, 5) is 0. The van der Waals surface area contributed by atoms with Gasteiger partial charge < -0.3 is 9.88 Å². The van der Waals surface area contributed by atoms with Crippen molar-refractivity contribution in [2.24, 2.45) is 5.92 Å². The van der Waals surface area contributed by atoms with Gasteiger partial charge in [-0.3, -0.25) is 0 Å². The molecular weight excluding hydrogens is 224 g/mol. The fourth-order valence-electron chi connectivity index (χ4n) is 3.45. The molecule has 1 aliphatic heterocycles. The van der Waals surface area contributed by atoms with Crippen molar-refractivity contribution in [2.45, 2.75) is 64.0 Å². The number of rotatable bonds is 2.